The summed E-state index contributed by atoms with van der Waals surface area (Å²) in [6, 6.07) is -0.343. The highest BCUT2D eigenvalue weighted by Crippen LogP contribution is 2.30. The molecule has 3 rings (SSSR count). The molecule has 2 aromatic heterocycles. The largest absolute Gasteiger partial charge is 0.443 e. The van der Waals surface area contributed by atoms with E-state index in [0.717, 1.165) is 45.1 Å². The van der Waals surface area contributed by atoms with Crippen molar-refractivity contribution < 1.29 is 14.3 Å². The fraction of sp³-hybridized carbons (Fsp3) is 0.682. The Balaban J connectivity index is 1.85. The van der Waals surface area contributed by atoms with Crippen molar-refractivity contribution in [3.63, 3.8) is 0 Å². The first-order chi connectivity index (χ1) is 16.0. The monoisotopic (exact) mass is 475 g/mol. The van der Waals surface area contributed by atoms with Gasteiger partial charge >= 0.3 is 12.1 Å². The van der Waals surface area contributed by atoms with Crippen molar-refractivity contribution in [2.24, 2.45) is 0 Å². The van der Waals surface area contributed by atoms with E-state index in [1.807, 2.05) is 14.1 Å². The fourth-order valence-electron chi connectivity index (χ4n) is 3.93. The van der Waals surface area contributed by atoms with Crippen LogP contribution in [0.2, 0.25) is 0 Å². The predicted octanol–water partition coefficient (Wildman–Crippen LogP) is 2.50. The fourth-order valence-corrected chi connectivity index (χ4v) is 3.93. The van der Waals surface area contributed by atoms with Crippen molar-refractivity contribution >= 4 is 35.1 Å². The summed E-state index contributed by atoms with van der Waals surface area (Å²) in [7, 11) is 4.04. The molecule has 4 N–H and O–H groups in total. The average Bonchev–Trinajstić information content (AvgIpc) is 3.39. The maximum Gasteiger partial charge on any atom is 0.426 e. The van der Waals surface area contributed by atoms with Crippen LogP contribution in [0.4, 0.5) is 21.4 Å². The number of carbonyl (C=O) groups is 2. The lowest BCUT2D eigenvalue weighted by Crippen LogP contribution is -2.50. The summed E-state index contributed by atoms with van der Waals surface area (Å²) in [4.78, 5) is 40.6. The summed E-state index contributed by atoms with van der Waals surface area (Å²) in [5.74, 6) is 0.329. The molecule has 1 fully saturated rings. The summed E-state index contributed by atoms with van der Waals surface area (Å²) in [6.45, 7) is 6.89. The predicted molar refractivity (Wildman–Crippen MR) is 130 cm³/mol. The third kappa shape index (κ3) is 6.69. The molecule has 0 aromatic carbocycles. The number of imidazole rings is 1. The van der Waals surface area contributed by atoms with Crippen LogP contribution in [0.1, 0.15) is 59.3 Å². The van der Waals surface area contributed by atoms with E-state index in [2.05, 4.69) is 30.6 Å². The smallest absolute Gasteiger partial charge is 0.426 e. The highest BCUT2D eigenvalue weighted by molar-refractivity contribution is 5.93. The number of rotatable bonds is 8. The van der Waals surface area contributed by atoms with Crippen molar-refractivity contribution in [1.82, 2.24) is 35.2 Å². The Morgan fingerprint density at radius 1 is 1.21 bits per heavy atom. The SMILES string of the molecule is CN(C)CCCCNC(=O)n1cnc2c(N(NC(=O)OC(C)(C)C)C3CCCC3)nc(N)nc21. The molecule has 1 aliphatic rings. The second-order valence-corrected chi connectivity index (χ2v) is 9.86. The number of aromatic nitrogens is 4. The van der Waals surface area contributed by atoms with Crippen molar-refractivity contribution in [3.8, 4) is 0 Å². The van der Waals surface area contributed by atoms with Crippen LogP contribution >= 0.6 is 0 Å². The van der Waals surface area contributed by atoms with Crippen molar-refractivity contribution in [1.29, 1.82) is 0 Å². The number of carbonyl (C=O) groups excluding carboxylic acids is 2. The van der Waals surface area contributed by atoms with Gasteiger partial charge in [-0.2, -0.15) is 9.97 Å². The number of nitrogens with zero attached hydrogens (tertiary/aromatic N) is 6. The van der Waals surface area contributed by atoms with Gasteiger partial charge in [-0.25, -0.2) is 24.6 Å². The molecule has 2 aromatic rings. The summed E-state index contributed by atoms with van der Waals surface area (Å²) in [5.41, 5.74) is 8.84. The number of nitrogens with two attached hydrogens (primary N) is 1. The Labute approximate surface area is 200 Å². The third-order valence-electron chi connectivity index (χ3n) is 5.45. The molecular formula is C22H37N9O3. The zero-order valence-electron chi connectivity index (χ0n) is 20.8. The molecule has 34 heavy (non-hydrogen) atoms. The number of hydrogen-bond donors (Lipinski definition) is 3. The van der Waals surface area contributed by atoms with Gasteiger partial charge in [0.25, 0.3) is 0 Å². The Bertz CT molecular complexity index is 993. The zero-order chi connectivity index (χ0) is 24.9. The van der Waals surface area contributed by atoms with Gasteiger partial charge in [0.1, 0.15) is 11.9 Å². The third-order valence-corrected chi connectivity index (χ3v) is 5.45. The molecule has 0 bridgehead atoms. The summed E-state index contributed by atoms with van der Waals surface area (Å²) < 4.78 is 6.78. The van der Waals surface area contributed by atoms with E-state index < -0.39 is 11.7 Å². The number of amides is 2. The van der Waals surface area contributed by atoms with Gasteiger partial charge in [-0.1, -0.05) is 12.8 Å². The van der Waals surface area contributed by atoms with Crippen LogP contribution in [-0.2, 0) is 4.74 Å². The molecule has 188 valence electrons. The van der Waals surface area contributed by atoms with Gasteiger partial charge < -0.3 is 20.7 Å². The van der Waals surface area contributed by atoms with Crippen molar-refractivity contribution in [2.45, 2.75) is 70.9 Å². The highest BCUT2D eigenvalue weighted by Gasteiger charge is 2.30. The molecule has 1 aliphatic carbocycles. The summed E-state index contributed by atoms with van der Waals surface area (Å²) in [5, 5.41) is 4.56. The van der Waals surface area contributed by atoms with Gasteiger partial charge in [0.2, 0.25) is 5.95 Å². The quantitative estimate of drug-likeness (QED) is 0.387. The first-order valence-electron chi connectivity index (χ1n) is 11.8. The molecule has 2 amide bonds. The van der Waals surface area contributed by atoms with E-state index in [1.54, 1.807) is 25.8 Å². The first-order valence-corrected chi connectivity index (χ1v) is 11.8. The van der Waals surface area contributed by atoms with Gasteiger partial charge in [0, 0.05) is 6.54 Å². The minimum Gasteiger partial charge on any atom is -0.443 e. The van der Waals surface area contributed by atoms with Crippen LogP contribution in [0.25, 0.3) is 11.2 Å². The lowest BCUT2D eigenvalue weighted by atomic mass is 10.2. The molecule has 12 nitrogen and oxygen atoms in total. The van der Waals surface area contributed by atoms with Gasteiger partial charge in [-0.3, -0.25) is 5.01 Å². The lowest BCUT2D eigenvalue weighted by Gasteiger charge is -2.31. The molecule has 0 spiro atoms. The Kier molecular flexibility index (Phi) is 8.13. The van der Waals surface area contributed by atoms with Gasteiger partial charge in [0.05, 0.1) is 6.04 Å². The van der Waals surface area contributed by atoms with Crippen LogP contribution in [0.3, 0.4) is 0 Å². The number of hydrogen-bond acceptors (Lipinski definition) is 9. The molecule has 0 radical (unpaired) electrons. The number of nitrogens with one attached hydrogen (secondary N) is 2. The van der Waals surface area contributed by atoms with Crippen LogP contribution < -0.4 is 21.5 Å². The van der Waals surface area contributed by atoms with Crippen LogP contribution in [-0.4, -0.2) is 75.4 Å². The lowest BCUT2D eigenvalue weighted by molar-refractivity contribution is 0.0514. The van der Waals surface area contributed by atoms with E-state index in [1.165, 1.54) is 10.9 Å². The number of nitrogen functional groups attached to an aromatic ring is 1. The molecule has 1 saturated carbocycles. The number of unbranched alkanes of at least 4 members (excludes halogenated alkanes) is 1. The normalized spacial score (nSPS) is 14.5. The summed E-state index contributed by atoms with van der Waals surface area (Å²) >= 11 is 0. The van der Waals surface area contributed by atoms with E-state index in [4.69, 9.17) is 10.5 Å². The van der Waals surface area contributed by atoms with Crippen LogP contribution in [0, 0.1) is 0 Å². The highest BCUT2D eigenvalue weighted by atomic mass is 16.6. The minimum absolute atomic E-state index is 0.000641. The molecule has 12 heteroatoms. The number of anilines is 2. The van der Waals surface area contributed by atoms with Crippen molar-refractivity contribution in [3.05, 3.63) is 6.33 Å². The second kappa shape index (κ2) is 10.9. The Morgan fingerprint density at radius 2 is 1.91 bits per heavy atom. The number of hydrazine groups is 1. The maximum atomic E-state index is 12.8. The van der Waals surface area contributed by atoms with Gasteiger partial charge in [0.15, 0.2) is 17.0 Å². The Morgan fingerprint density at radius 3 is 2.56 bits per heavy atom. The second-order valence-electron chi connectivity index (χ2n) is 9.86. The van der Waals surface area contributed by atoms with E-state index >= 15 is 0 Å². The van der Waals surface area contributed by atoms with E-state index in [0.29, 0.717) is 17.9 Å². The van der Waals surface area contributed by atoms with E-state index in [9.17, 15) is 9.59 Å². The van der Waals surface area contributed by atoms with Crippen LogP contribution in [0.5, 0.6) is 0 Å². The average molecular weight is 476 g/mol. The van der Waals surface area contributed by atoms with Gasteiger partial charge in [-0.05, 0) is 67.1 Å². The maximum absolute atomic E-state index is 12.8. The first kappa shape index (κ1) is 25.5. The van der Waals surface area contributed by atoms with E-state index in [-0.39, 0.29) is 23.7 Å². The van der Waals surface area contributed by atoms with Gasteiger partial charge in [-0.15, -0.1) is 0 Å². The van der Waals surface area contributed by atoms with Crippen LogP contribution in [0.15, 0.2) is 6.33 Å². The minimum atomic E-state index is -0.655. The topological polar surface area (TPSA) is 144 Å². The summed E-state index contributed by atoms with van der Waals surface area (Å²) in [6.07, 6.45) is 6.44. The van der Waals surface area contributed by atoms with Crippen molar-refractivity contribution in [2.75, 3.05) is 37.9 Å². The molecule has 0 aliphatic heterocycles. The number of ether oxygens (including phenoxy) is 1. The molecule has 2 heterocycles. The molecule has 0 atom stereocenters. The standard InChI is InChI=1S/C22H37N9O3/c1-22(2,3)34-21(33)28-31(15-10-6-7-11-15)18-16-17(26-19(23)27-18)30(14-25-16)20(32)24-12-8-9-13-29(4)5/h14-15H,6-13H2,1-5H3,(H,24,32)(H,28,33)(H2,23,26,27). The molecule has 0 unspecified atom stereocenters. The molecule has 0 saturated heterocycles. The number of fused-ring (bicyclic) bond motifs is 1. The molecular weight excluding hydrogens is 438 g/mol. The Hall–Kier alpha value is -3.15. The zero-order valence-corrected chi connectivity index (χ0v) is 20.8.